The fourth-order valence-electron chi connectivity index (χ4n) is 6.28. The number of likely N-dealkylation sites (tertiary alicyclic amines) is 1. The fourth-order valence-corrected chi connectivity index (χ4v) is 6.28. The van der Waals surface area contributed by atoms with Gasteiger partial charge in [-0.1, -0.05) is 27.7 Å². The lowest BCUT2D eigenvalue weighted by atomic mass is 9.82. The minimum absolute atomic E-state index is 0.00928. The number of piperidine rings is 1. The maximum atomic E-state index is 15.1. The maximum absolute atomic E-state index is 15.1. The number of carbonyl (C=O) groups is 5. The Bertz CT molecular complexity index is 1380. The molecule has 10 nitrogen and oxygen atoms in total. The summed E-state index contributed by atoms with van der Waals surface area (Å²) in [5, 5.41) is 2.06. The number of hydrogen-bond donors (Lipinski definition) is 2. The first-order chi connectivity index (χ1) is 22.1. The summed E-state index contributed by atoms with van der Waals surface area (Å²) >= 11 is 0. The van der Waals surface area contributed by atoms with E-state index in [1.54, 1.807) is 4.90 Å². The van der Waals surface area contributed by atoms with Crippen molar-refractivity contribution in [1.82, 2.24) is 10.2 Å². The highest BCUT2D eigenvalue weighted by molar-refractivity contribution is 6.07. The van der Waals surface area contributed by atoms with Gasteiger partial charge in [0.05, 0.1) is 19.8 Å². The van der Waals surface area contributed by atoms with E-state index in [2.05, 4.69) is 5.32 Å². The standard InChI is InChI=1S/C31H39F7N4O6/c1-17(2)22(39)28(47)42(23(18(3)4)24(43)29(32,33)30(34,35)31(36,37)38)14-6-5-7-21(42)26(45)40-25(44)19-8-10-20(11-9-19)27(46)41-12-15-48-16-13-41/h8-11,17-18,21-23H,5-7,12-16,39H2,1-4H3/p+1/t21?,22-,23?,42?/m0/s1. The number of halogens is 7. The number of rotatable bonds is 10. The summed E-state index contributed by atoms with van der Waals surface area (Å²) < 4.78 is 102. The molecule has 0 saturated carbocycles. The van der Waals surface area contributed by atoms with Crippen molar-refractivity contribution in [3.8, 4) is 0 Å². The van der Waals surface area contributed by atoms with Gasteiger partial charge in [0.15, 0.2) is 12.1 Å². The van der Waals surface area contributed by atoms with E-state index in [1.807, 2.05) is 0 Å². The van der Waals surface area contributed by atoms with E-state index in [0.717, 1.165) is 13.8 Å². The van der Waals surface area contributed by atoms with Gasteiger partial charge in [-0.05, 0) is 43.0 Å². The van der Waals surface area contributed by atoms with Crippen LogP contribution in [-0.2, 0) is 19.1 Å². The summed E-state index contributed by atoms with van der Waals surface area (Å²) in [5.41, 5.74) is 6.19. The molecule has 1 aromatic rings. The number of ketones is 1. The second-order valence-corrected chi connectivity index (χ2v) is 12.8. The highest BCUT2D eigenvalue weighted by Crippen LogP contribution is 2.49. The number of nitrogens with one attached hydrogen (secondary N) is 1. The number of amides is 4. The summed E-state index contributed by atoms with van der Waals surface area (Å²) in [6.45, 7) is 5.90. The molecule has 3 unspecified atom stereocenters. The number of quaternary nitrogens is 1. The Hall–Kier alpha value is -3.44. The van der Waals surface area contributed by atoms with Gasteiger partial charge in [0.2, 0.25) is 0 Å². The Morgan fingerprint density at radius 3 is 1.92 bits per heavy atom. The molecule has 1 aromatic carbocycles. The summed E-state index contributed by atoms with van der Waals surface area (Å²) in [5.74, 6) is -22.0. The molecule has 17 heteroatoms. The average molecular weight is 698 g/mol. The third-order valence-electron chi connectivity index (χ3n) is 8.91. The smallest absolute Gasteiger partial charge is 0.378 e. The van der Waals surface area contributed by atoms with Gasteiger partial charge >= 0.3 is 23.9 Å². The highest BCUT2D eigenvalue weighted by atomic mass is 19.4. The van der Waals surface area contributed by atoms with E-state index in [4.69, 9.17) is 10.5 Å². The predicted octanol–water partition coefficient (Wildman–Crippen LogP) is 3.72. The van der Waals surface area contributed by atoms with Crippen molar-refractivity contribution in [2.24, 2.45) is 17.6 Å². The number of benzene rings is 1. The molecule has 2 heterocycles. The van der Waals surface area contributed by atoms with Crippen LogP contribution in [0.15, 0.2) is 24.3 Å². The van der Waals surface area contributed by atoms with Crippen LogP contribution in [0.1, 0.15) is 67.7 Å². The number of hydrogen-bond acceptors (Lipinski definition) is 7. The third-order valence-corrected chi connectivity index (χ3v) is 8.91. The SMILES string of the molecule is CC(C)C(C(=O)C(F)(F)C(F)(F)C(F)(F)F)[N+]1(C(=O)[C@@H](N)C(C)C)CCCCC1C(=O)NC(=O)c1ccc(C(=O)N2CCOCC2)cc1. The number of alkyl halides is 7. The molecule has 0 radical (unpaired) electrons. The molecule has 0 bridgehead atoms. The highest BCUT2D eigenvalue weighted by Gasteiger charge is 2.78. The second-order valence-electron chi connectivity index (χ2n) is 12.8. The quantitative estimate of drug-likeness (QED) is 0.216. The molecule has 4 amide bonds. The Balaban J connectivity index is 2.04. The van der Waals surface area contributed by atoms with E-state index in [-0.39, 0.29) is 36.3 Å². The van der Waals surface area contributed by atoms with Gasteiger partial charge in [0.1, 0.15) is 6.04 Å². The number of carbonyl (C=O) groups excluding carboxylic acids is 5. The lowest BCUT2D eigenvalue weighted by molar-refractivity contribution is -0.895. The largest absolute Gasteiger partial charge is 0.460 e. The molecule has 0 aliphatic carbocycles. The van der Waals surface area contributed by atoms with Crippen molar-refractivity contribution in [2.75, 3.05) is 32.8 Å². The maximum Gasteiger partial charge on any atom is 0.460 e. The number of imide groups is 1. The van der Waals surface area contributed by atoms with Crippen molar-refractivity contribution in [2.45, 2.75) is 83.1 Å². The topological polar surface area (TPSA) is 136 Å². The van der Waals surface area contributed by atoms with Crippen molar-refractivity contribution < 1.29 is 63.9 Å². The first-order valence-electron chi connectivity index (χ1n) is 15.5. The molecule has 3 rings (SSSR count). The Labute approximate surface area is 272 Å². The van der Waals surface area contributed by atoms with Crippen LogP contribution in [0.2, 0.25) is 0 Å². The summed E-state index contributed by atoms with van der Waals surface area (Å²) in [6, 6.07) is -0.842. The van der Waals surface area contributed by atoms with Gasteiger partial charge < -0.3 is 15.4 Å². The van der Waals surface area contributed by atoms with Gasteiger partial charge in [-0.2, -0.15) is 30.7 Å². The number of nitrogens with zero attached hydrogens (tertiary/aromatic N) is 2. The molecule has 0 aromatic heterocycles. The third kappa shape index (κ3) is 7.27. The van der Waals surface area contributed by atoms with E-state index >= 15 is 8.78 Å². The average Bonchev–Trinajstić information content (AvgIpc) is 3.03. The van der Waals surface area contributed by atoms with Crippen LogP contribution in [0.25, 0.3) is 0 Å². The first kappa shape index (κ1) is 39.0. The molecule has 2 saturated heterocycles. The zero-order chi connectivity index (χ0) is 36.4. The lowest BCUT2D eigenvalue weighted by Gasteiger charge is -2.51. The molecule has 48 heavy (non-hydrogen) atoms. The van der Waals surface area contributed by atoms with Crippen molar-refractivity contribution >= 4 is 29.4 Å². The molecule has 3 N–H and O–H groups in total. The van der Waals surface area contributed by atoms with Crippen LogP contribution >= 0.6 is 0 Å². The Morgan fingerprint density at radius 2 is 1.42 bits per heavy atom. The van der Waals surface area contributed by atoms with Gasteiger partial charge in [-0.3, -0.25) is 24.5 Å². The molecule has 0 spiro atoms. The molecular formula is C31H40F7N4O6+. The predicted molar refractivity (Wildman–Crippen MR) is 156 cm³/mol. The van der Waals surface area contributed by atoms with Crippen molar-refractivity contribution in [3.63, 3.8) is 0 Å². The van der Waals surface area contributed by atoms with Crippen LogP contribution < -0.4 is 11.1 Å². The lowest BCUT2D eigenvalue weighted by Crippen LogP contribution is -2.78. The van der Waals surface area contributed by atoms with E-state index < -0.39 is 82.5 Å². The first-order valence-corrected chi connectivity index (χ1v) is 15.5. The van der Waals surface area contributed by atoms with Crippen molar-refractivity contribution in [1.29, 1.82) is 0 Å². The molecule has 4 atom stereocenters. The second kappa shape index (κ2) is 14.6. The fraction of sp³-hybridized carbons (Fsp3) is 0.645. The minimum atomic E-state index is -6.83. The number of ether oxygens (including phenoxy) is 1. The van der Waals surface area contributed by atoms with E-state index in [1.165, 1.54) is 38.1 Å². The Kier molecular flexibility index (Phi) is 11.8. The molecule has 2 aliphatic rings. The molecule has 2 fully saturated rings. The number of morpholine rings is 1. The summed E-state index contributed by atoms with van der Waals surface area (Å²) in [6.07, 6.45) is -7.00. The summed E-state index contributed by atoms with van der Waals surface area (Å²) in [4.78, 5) is 68.7. The number of nitrogens with two attached hydrogens (primary N) is 1. The van der Waals surface area contributed by atoms with Gasteiger partial charge in [-0.15, -0.1) is 0 Å². The van der Waals surface area contributed by atoms with E-state index in [0.29, 0.717) is 26.3 Å². The van der Waals surface area contributed by atoms with E-state index in [9.17, 15) is 45.9 Å². The van der Waals surface area contributed by atoms with Crippen LogP contribution in [0, 0.1) is 11.8 Å². The van der Waals surface area contributed by atoms with Crippen LogP contribution in [0.3, 0.4) is 0 Å². The molecular weight excluding hydrogens is 657 g/mol. The molecule has 2 aliphatic heterocycles. The normalized spacial score (nSPS) is 22.3. The van der Waals surface area contributed by atoms with Crippen LogP contribution in [0.4, 0.5) is 30.7 Å². The molecule has 268 valence electrons. The van der Waals surface area contributed by atoms with Gasteiger partial charge in [-0.25, -0.2) is 9.28 Å². The zero-order valence-corrected chi connectivity index (χ0v) is 26.9. The summed E-state index contributed by atoms with van der Waals surface area (Å²) in [7, 11) is 0. The monoisotopic (exact) mass is 697 g/mol. The van der Waals surface area contributed by atoms with Crippen LogP contribution in [-0.4, -0.2) is 108 Å². The Morgan fingerprint density at radius 1 is 0.875 bits per heavy atom. The van der Waals surface area contributed by atoms with Crippen LogP contribution in [0.5, 0.6) is 0 Å². The number of Topliss-reactive ketones (excluding diaryl/α,β-unsaturated/α-hetero) is 1. The minimum Gasteiger partial charge on any atom is -0.378 e. The van der Waals surface area contributed by atoms with Gasteiger partial charge in [0.25, 0.3) is 23.5 Å². The zero-order valence-electron chi connectivity index (χ0n) is 26.9. The van der Waals surface area contributed by atoms with Crippen molar-refractivity contribution in [3.05, 3.63) is 35.4 Å². The van der Waals surface area contributed by atoms with Gasteiger partial charge in [0, 0.05) is 36.6 Å².